The summed E-state index contributed by atoms with van der Waals surface area (Å²) in [6, 6.07) is 9.19. The average molecular weight is 307 g/mol. The van der Waals surface area contributed by atoms with Crippen LogP contribution < -0.4 is 9.47 Å². The summed E-state index contributed by atoms with van der Waals surface area (Å²) in [5.74, 6) is 0.458. The van der Waals surface area contributed by atoms with E-state index in [0.29, 0.717) is 35.8 Å². The van der Waals surface area contributed by atoms with Gasteiger partial charge in [-0.1, -0.05) is 23.7 Å². The van der Waals surface area contributed by atoms with Crippen molar-refractivity contribution < 1.29 is 18.7 Å². The molecule has 108 valence electrons. The summed E-state index contributed by atoms with van der Waals surface area (Å²) in [7, 11) is 0. The molecule has 0 spiro atoms. The molecule has 3 nitrogen and oxygen atoms in total. The Kier molecular flexibility index (Phi) is 3.80. The van der Waals surface area contributed by atoms with Crippen LogP contribution in [-0.4, -0.2) is 19.0 Å². The van der Waals surface area contributed by atoms with E-state index in [2.05, 4.69) is 0 Å². The Bertz CT molecular complexity index is 700. The topological polar surface area (TPSA) is 35.5 Å². The van der Waals surface area contributed by atoms with Crippen LogP contribution in [0.2, 0.25) is 5.02 Å². The maximum atomic E-state index is 13.0. The van der Waals surface area contributed by atoms with E-state index in [1.807, 2.05) is 0 Å². The molecule has 0 aliphatic carbocycles. The summed E-state index contributed by atoms with van der Waals surface area (Å²) in [6.07, 6.45) is 0.0823. The highest BCUT2D eigenvalue weighted by Crippen LogP contribution is 2.34. The number of rotatable bonds is 3. The van der Waals surface area contributed by atoms with E-state index in [-0.39, 0.29) is 17.2 Å². The number of ketones is 1. The lowest BCUT2D eigenvalue weighted by atomic mass is 10.0. The first-order valence-corrected chi connectivity index (χ1v) is 6.88. The molecule has 1 aliphatic rings. The minimum Gasteiger partial charge on any atom is -0.486 e. The number of carbonyl (C=O) groups is 1. The zero-order valence-electron chi connectivity index (χ0n) is 11.1. The molecule has 1 aliphatic heterocycles. The van der Waals surface area contributed by atoms with Gasteiger partial charge in [-0.05, 0) is 29.8 Å². The molecular weight excluding hydrogens is 295 g/mol. The Morgan fingerprint density at radius 1 is 1.19 bits per heavy atom. The molecule has 2 aromatic carbocycles. The van der Waals surface area contributed by atoms with Crippen molar-refractivity contribution in [2.75, 3.05) is 13.2 Å². The number of hydrogen-bond acceptors (Lipinski definition) is 3. The van der Waals surface area contributed by atoms with Crippen molar-refractivity contribution in [2.24, 2.45) is 0 Å². The summed E-state index contributed by atoms with van der Waals surface area (Å²) in [4.78, 5) is 12.4. The van der Waals surface area contributed by atoms with Gasteiger partial charge in [0, 0.05) is 11.4 Å². The van der Waals surface area contributed by atoms with Crippen LogP contribution in [0.5, 0.6) is 11.5 Å². The van der Waals surface area contributed by atoms with Gasteiger partial charge in [-0.15, -0.1) is 0 Å². The van der Waals surface area contributed by atoms with E-state index in [9.17, 15) is 9.18 Å². The van der Waals surface area contributed by atoms with Gasteiger partial charge in [-0.25, -0.2) is 4.39 Å². The smallest absolute Gasteiger partial charge is 0.172 e. The molecule has 0 atom stereocenters. The molecule has 3 rings (SSSR count). The number of benzene rings is 2. The third-order valence-corrected chi connectivity index (χ3v) is 3.58. The quantitative estimate of drug-likeness (QED) is 0.812. The lowest BCUT2D eigenvalue weighted by Gasteiger charge is -2.20. The third-order valence-electron chi connectivity index (χ3n) is 3.23. The molecule has 5 heteroatoms. The van der Waals surface area contributed by atoms with E-state index < -0.39 is 5.82 Å². The summed E-state index contributed by atoms with van der Waals surface area (Å²) in [5.41, 5.74) is 1.03. The largest absolute Gasteiger partial charge is 0.486 e. The van der Waals surface area contributed by atoms with Crippen LogP contribution in [0.1, 0.15) is 15.9 Å². The first-order chi connectivity index (χ1) is 10.1. The van der Waals surface area contributed by atoms with Crippen LogP contribution in [0.4, 0.5) is 4.39 Å². The number of carbonyl (C=O) groups excluding carboxylic acids is 1. The first kappa shape index (κ1) is 13.9. The van der Waals surface area contributed by atoms with Crippen molar-refractivity contribution in [3.8, 4) is 11.5 Å². The number of halogens is 2. The van der Waals surface area contributed by atoms with Crippen molar-refractivity contribution in [3.05, 3.63) is 58.4 Å². The fourth-order valence-electron chi connectivity index (χ4n) is 2.23. The Labute approximate surface area is 126 Å². The molecule has 0 fully saturated rings. The Balaban J connectivity index is 1.89. The predicted molar refractivity (Wildman–Crippen MR) is 76.9 cm³/mol. The standard InChI is InChI=1S/C16H12ClFO3/c17-13-9-11(18)5-4-10(13)8-14(19)12-2-1-3-15-16(12)21-7-6-20-15/h1-5,9H,6-8H2. The number of fused-ring (bicyclic) bond motifs is 1. The van der Waals surface area contributed by atoms with Gasteiger partial charge in [-0.2, -0.15) is 0 Å². The second kappa shape index (κ2) is 5.74. The molecule has 0 unspecified atom stereocenters. The second-order valence-electron chi connectivity index (χ2n) is 4.67. The van der Waals surface area contributed by atoms with Crippen molar-refractivity contribution in [2.45, 2.75) is 6.42 Å². The highest BCUT2D eigenvalue weighted by Gasteiger charge is 2.21. The third kappa shape index (κ3) is 2.85. The molecule has 1 heterocycles. The highest BCUT2D eigenvalue weighted by atomic mass is 35.5. The van der Waals surface area contributed by atoms with E-state index in [4.69, 9.17) is 21.1 Å². The van der Waals surface area contributed by atoms with Crippen molar-refractivity contribution in [3.63, 3.8) is 0 Å². The van der Waals surface area contributed by atoms with Crippen molar-refractivity contribution in [1.29, 1.82) is 0 Å². The molecule has 0 saturated carbocycles. The van der Waals surface area contributed by atoms with E-state index in [0.717, 1.165) is 0 Å². The maximum absolute atomic E-state index is 13.0. The zero-order valence-corrected chi connectivity index (χ0v) is 11.8. The van der Waals surface area contributed by atoms with Crippen molar-refractivity contribution >= 4 is 17.4 Å². The van der Waals surface area contributed by atoms with E-state index in [1.165, 1.54) is 18.2 Å². The lowest BCUT2D eigenvalue weighted by Crippen LogP contribution is -2.18. The van der Waals surface area contributed by atoms with Crippen LogP contribution in [-0.2, 0) is 6.42 Å². The SMILES string of the molecule is O=C(Cc1ccc(F)cc1Cl)c1cccc2c1OCCO2. The van der Waals surface area contributed by atoms with Gasteiger partial charge < -0.3 is 9.47 Å². The number of para-hydroxylation sites is 1. The van der Waals surface area contributed by atoms with Crippen molar-refractivity contribution in [1.82, 2.24) is 0 Å². The fraction of sp³-hybridized carbons (Fsp3) is 0.188. The molecule has 0 aromatic heterocycles. The number of ether oxygens (including phenoxy) is 2. The van der Waals surface area contributed by atoms with Crippen LogP contribution in [0.25, 0.3) is 0 Å². The monoisotopic (exact) mass is 306 g/mol. The molecular formula is C16H12ClFO3. The molecule has 2 aromatic rings. The van der Waals surface area contributed by atoms with E-state index >= 15 is 0 Å². The van der Waals surface area contributed by atoms with E-state index in [1.54, 1.807) is 18.2 Å². The van der Waals surface area contributed by atoms with Gasteiger partial charge in [0.25, 0.3) is 0 Å². The molecule has 0 saturated heterocycles. The summed E-state index contributed by atoms with van der Waals surface area (Å²) in [5, 5.41) is 0.241. The van der Waals surface area contributed by atoms with Crippen LogP contribution >= 0.6 is 11.6 Å². The Morgan fingerprint density at radius 2 is 2.00 bits per heavy atom. The van der Waals surface area contributed by atoms with Gasteiger partial charge in [0.15, 0.2) is 17.3 Å². The molecule has 0 amide bonds. The minimum atomic E-state index is -0.426. The highest BCUT2D eigenvalue weighted by molar-refractivity contribution is 6.31. The predicted octanol–water partition coefficient (Wildman–Crippen LogP) is 3.68. The normalized spacial score (nSPS) is 13.0. The second-order valence-corrected chi connectivity index (χ2v) is 5.07. The van der Waals surface area contributed by atoms with Gasteiger partial charge in [0.05, 0.1) is 5.56 Å². The van der Waals surface area contributed by atoms with Crippen LogP contribution in [0, 0.1) is 5.82 Å². The first-order valence-electron chi connectivity index (χ1n) is 6.51. The Hall–Kier alpha value is -2.07. The fourth-order valence-corrected chi connectivity index (χ4v) is 2.46. The van der Waals surface area contributed by atoms with Gasteiger partial charge in [0.2, 0.25) is 0 Å². The van der Waals surface area contributed by atoms with Gasteiger partial charge in [-0.3, -0.25) is 4.79 Å². The molecule has 0 N–H and O–H groups in total. The van der Waals surface area contributed by atoms with Crippen LogP contribution in [0.15, 0.2) is 36.4 Å². The minimum absolute atomic E-state index is 0.0823. The van der Waals surface area contributed by atoms with Gasteiger partial charge in [0.1, 0.15) is 19.0 Å². The molecule has 0 bridgehead atoms. The Morgan fingerprint density at radius 3 is 2.81 bits per heavy atom. The van der Waals surface area contributed by atoms with Crippen LogP contribution in [0.3, 0.4) is 0 Å². The summed E-state index contributed by atoms with van der Waals surface area (Å²) >= 11 is 5.96. The number of hydrogen-bond donors (Lipinski definition) is 0. The zero-order chi connectivity index (χ0) is 14.8. The average Bonchev–Trinajstić information content (AvgIpc) is 2.49. The molecule has 0 radical (unpaired) electrons. The maximum Gasteiger partial charge on any atom is 0.172 e. The summed E-state index contributed by atoms with van der Waals surface area (Å²) < 4.78 is 24.0. The molecule has 21 heavy (non-hydrogen) atoms. The lowest BCUT2D eigenvalue weighted by molar-refractivity contribution is 0.0981. The number of Topliss-reactive ketones (excluding diaryl/α,β-unsaturated/α-hetero) is 1. The summed E-state index contributed by atoms with van der Waals surface area (Å²) in [6.45, 7) is 0.878. The van der Waals surface area contributed by atoms with Gasteiger partial charge >= 0.3 is 0 Å².